The fourth-order valence-corrected chi connectivity index (χ4v) is 2.21. The van der Waals surface area contributed by atoms with Crippen molar-refractivity contribution >= 4 is 34.9 Å². The summed E-state index contributed by atoms with van der Waals surface area (Å²) in [6, 6.07) is 9.40. The Morgan fingerprint density at radius 1 is 1.33 bits per heavy atom. The number of hydrogen-bond donors (Lipinski definition) is 2. The molecule has 2 rings (SSSR count). The number of nitro benzene ring substituents is 1. The molecule has 0 unspecified atom stereocenters. The molecule has 0 aliphatic rings. The van der Waals surface area contributed by atoms with Crippen molar-refractivity contribution in [2.24, 2.45) is 0 Å². The number of rotatable bonds is 5. The fraction of sp³-hybridized carbons (Fsp3) is 0.0769. The number of nitro groups is 1. The monoisotopic (exact) mass is 304 g/mol. The Bertz CT molecular complexity index is 661. The van der Waals surface area contributed by atoms with E-state index in [9.17, 15) is 14.9 Å². The van der Waals surface area contributed by atoms with Crippen LogP contribution >= 0.6 is 11.8 Å². The Hall–Kier alpha value is -2.61. The number of anilines is 2. The highest BCUT2D eigenvalue weighted by atomic mass is 32.2. The van der Waals surface area contributed by atoms with E-state index in [-0.39, 0.29) is 23.0 Å². The topological polar surface area (TPSA) is 111 Å². The molecular weight excluding hydrogens is 292 g/mol. The number of nitrogens with zero attached hydrogens (tertiary/aromatic N) is 2. The number of aromatic nitrogens is 1. The molecule has 7 nitrogen and oxygen atoms in total. The van der Waals surface area contributed by atoms with Gasteiger partial charge in [-0.25, -0.2) is 4.98 Å². The minimum absolute atomic E-state index is 0.123. The molecule has 0 radical (unpaired) electrons. The summed E-state index contributed by atoms with van der Waals surface area (Å²) in [5, 5.41) is 13.4. The van der Waals surface area contributed by atoms with E-state index in [0.717, 1.165) is 4.90 Å². The first-order chi connectivity index (χ1) is 10.1. The molecule has 1 heterocycles. The number of carbonyl (C=O) groups is 1. The molecule has 8 heteroatoms. The van der Waals surface area contributed by atoms with Gasteiger partial charge in [0.05, 0.1) is 10.7 Å². The van der Waals surface area contributed by atoms with Crippen molar-refractivity contribution in [1.82, 2.24) is 4.98 Å². The minimum atomic E-state index is -0.535. The third-order valence-corrected chi connectivity index (χ3v) is 3.49. The van der Waals surface area contributed by atoms with Crippen LogP contribution in [0.15, 0.2) is 47.5 Å². The number of amides is 1. The average Bonchev–Trinajstić information content (AvgIpc) is 2.47. The molecule has 0 spiro atoms. The fourth-order valence-electron chi connectivity index (χ4n) is 1.55. The Kier molecular flexibility index (Phi) is 4.72. The lowest BCUT2D eigenvalue weighted by Crippen LogP contribution is -2.15. The molecule has 1 aromatic carbocycles. The molecular formula is C13H12N4O3S. The molecule has 2 aromatic rings. The summed E-state index contributed by atoms with van der Waals surface area (Å²) in [5.41, 5.74) is 5.52. The van der Waals surface area contributed by atoms with Gasteiger partial charge in [0.1, 0.15) is 11.5 Å². The van der Waals surface area contributed by atoms with Gasteiger partial charge in [-0.1, -0.05) is 12.1 Å². The highest BCUT2D eigenvalue weighted by molar-refractivity contribution is 8.00. The van der Waals surface area contributed by atoms with Gasteiger partial charge in [-0.2, -0.15) is 0 Å². The number of para-hydroxylation sites is 2. The van der Waals surface area contributed by atoms with Crippen LogP contribution in [0.2, 0.25) is 0 Å². The highest BCUT2D eigenvalue weighted by Crippen LogP contribution is 2.24. The van der Waals surface area contributed by atoms with Gasteiger partial charge in [0.2, 0.25) is 5.91 Å². The van der Waals surface area contributed by atoms with E-state index in [1.165, 1.54) is 23.9 Å². The van der Waals surface area contributed by atoms with Crippen LogP contribution in [0.25, 0.3) is 0 Å². The summed E-state index contributed by atoms with van der Waals surface area (Å²) >= 11 is 1.27. The number of nitrogen functional groups attached to an aromatic ring is 1. The van der Waals surface area contributed by atoms with Crippen molar-refractivity contribution in [2.75, 3.05) is 16.8 Å². The second kappa shape index (κ2) is 6.71. The van der Waals surface area contributed by atoms with Gasteiger partial charge in [0, 0.05) is 17.2 Å². The van der Waals surface area contributed by atoms with E-state index in [2.05, 4.69) is 10.3 Å². The molecule has 0 aliphatic carbocycles. The lowest BCUT2D eigenvalue weighted by molar-refractivity contribution is -0.383. The van der Waals surface area contributed by atoms with Crippen LogP contribution in [-0.2, 0) is 4.79 Å². The first-order valence-corrected chi connectivity index (χ1v) is 6.92. The molecule has 1 amide bonds. The summed E-state index contributed by atoms with van der Waals surface area (Å²) in [7, 11) is 0. The number of carbonyl (C=O) groups excluding carboxylic acids is 1. The Morgan fingerprint density at radius 2 is 2.10 bits per heavy atom. The lowest BCUT2D eigenvalue weighted by atomic mass is 10.2. The number of thioether (sulfide) groups is 1. The van der Waals surface area contributed by atoms with Crippen LogP contribution in [0.5, 0.6) is 0 Å². The maximum Gasteiger partial charge on any atom is 0.292 e. The molecule has 21 heavy (non-hydrogen) atoms. The van der Waals surface area contributed by atoms with Crippen LogP contribution in [0.3, 0.4) is 0 Å². The van der Waals surface area contributed by atoms with Crippen molar-refractivity contribution in [1.29, 1.82) is 0 Å². The van der Waals surface area contributed by atoms with Gasteiger partial charge in [-0.3, -0.25) is 14.9 Å². The van der Waals surface area contributed by atoms with Gasteiger partial charge in [0.15, 0.2) is 0 Å². The molecule has 108 valence electrons. The molecule has 1 aromatic heterocycles. The largest absolute Gasteiger partial charge is 0.384 e. The van der Waals surface area contributed by atoms with E-state index in [0.29, 0.717) is 5.82 Å². The Balaban J connectivity index is 1.96. The lowest BCUT2D eigenvalue weighted by Gasteiger charge is -2.05. The normalized spacial score (nSPS) is 10.1. The van der Waals surface area contributed by atoms with E-state index < -0.39 is 4.92 Å². The SMILES string of the molecule is Nc1ccc(SCC(=O)Nc2ccccc2[N+](=O)[O-])cn1. The van der Waals surface area contributed by atoms with Gasteiger partial charge in [0.25, 0.3) is 5.69 Å². The third kappa shape index (κ3) is 4.18. The molecule has 0 aliphatic heterocycles. The molecule has 0 saturated carbocycles. The van der Waals surface area contributed by atoms with E-state index >= 15 is 0 Å². The van der Waals surface area contributed by atoms with Crippen LogP contribution in [-0.4, -0.2) is 21.6 Å². The maximum absolute atomic E-state index is 11.8. The standard InChI is InChI=1S/C13H12N4O3S/c14-12-6-5-9(7-15-12)21-8-13(18)16-10-3-1-2-4-11(10)17(19)20/h1-7H,8H2,(H2,14,15)(H,16,18). The quantitative estimate of drug-likeness (QED) is 0.498. The van der Waals surface area contributed by atoms with Crippen molar-refractivity contribution < 1.29 is 9.72 Å². The number of benzene rings is 1. The predicted molar refractivity (Wildman–Crippen MR) is 81.1 cm³/mol. The van der Waals surface area contributed by atoms with E-state index in [1.54, 1.807) is 30.5 Å². The summed E-state index contributed by atoms with van der Waals surface area (Å²) < 4.78 is 0. The highest BCUT2D eigenvalue weighted by Gasteiger charge is 2.14. The van der Waals surface area contributed by atoms with Crippen molar-refractivity contribution in [3.63, 3.8) is 0 Å². The third-order valence-electron chi connectivity index (χ3n) is 2.50. The van der Waals surface area contributed by atoms with E-state index in [4.69, 9.17) is 5.73 Å². The van der Waals surface area contributed by atoms with Crippen LogP contribution < -0.4 is 11.1 Å². The molecule has 0 fully saturated rings. The Labute approximate surface area is 124 Å². The van der Waals surface area contributed by atoms with Gasteiger partial charge < -0.3 is 11.1 Å². The van der Waals surface area contributed by atoms with Crippen molar-refractivity contribution in [2.45, 2.75) is 4.90 Å². The van der Waals surface area contributed by atoms with Gasteiger partial charge >= 0.3 is 0 Å². The first kappa shape index (κ1) is 14.8. The summed E-state index contributed by atoms with van der Waals surface area (Å²) in [6.45, 7) is 0. The number of hydrogen-bond acceptors (Lipinski definition) is 6. The van der Waals surface area contributed by atoms with Crippen molar-refractivity contribution in [3.05, 3.63) is 52.7 Å². The minimum Gasteiger partial charge on any atom is -0.384 e. The van der Waals surface area contributed by atoms with Crippen LogP contribution in [0, 0.1) is 10.1 Å². The molecule has 0 atom stereocenters. The zero-order chi connectivity index (χ0) is 15.2. The predicted octanol–water partition coefficient (Wildman–Crippen LogP) is 2.30. The number of nitrogens with two attached hydrogens (primary N) is 1. The number of pyridine rings is 1. The van der Waals surface area contributed by atoms with Gasteiger partial charge in [-0.15, -0.1) is 11.8 Å². The second-order valence-corrected chi connectivity index (χ2v) is 5.08. The van der Waals surface area contributed by atoms with Crippen molar-refractivity contribution in [3.8, 4) is 0 Å². The molecule has 3 N–H and O–H groups in total. The average molecular weight is 304 g/mol. The van der Waals surface area contributed by atoms with Crippen LogP contribution in [0.4, 0.5) is 17.2 Å². The zero-order valence-electron chi connectivity index (χ0n) is 10.9. The first-order valence-electron chi connectivity index (χ1n) is 5.94. The summed E-state index contributed by atoms with van der Waals surface area (Å²) in [6.07, 6.45) is 1.57. The second-order valence-electron chi connectivity index (χ2n) is 4.03. The Morgan fingerprint density at radius 3 is 2.76 bits per heavy atom. The number of nitrogens with one attached hydrogen (secondary N) is 1. The maximum atomic E-state index is 11.8. The van der Waals surface area contributed by atoms with E-state index in [1.807, 2.05) is 0 Å². The molecule has 0 bridgehead atoms. The van der Waals surface area contributed by atoms with Gasteiger partial charge in [-0.05, 0) is 18.2 Å². The molecule has 0 saturated heterocycles. The zero-order valence-corrected chi connectivity index (χ0v) is 11.7. The summed E-state index contributed by atoms with van der Waals surface area (Å²) in [4.78, 5) is 26.8. The smallest absolute Gasteiger partial charge is 0.292 e. The van der Waals surface area contributed by atoms with Crippen LogP contribution in [0.1, 0.15) is 0 Å². The summed E-state index contributed by atoms with van der Waals surface area (Å²) in [5.74, 6) is 0.201.